The number of benzene rings is 1. The zero-order valence-corrected chi connectivity index (χ0v) is 20.2. The maximum atomic E-state index is 11.1. The Bertz CT molecular complexity index is 646. The number of hydrogen-bond acceptors (Lipinski definition) is 3. The van der Waals surface area contributed by atoms with Crippen LogP contribution in [0.2, 0.25) is 0 Å². The summed E-state index contributed by atoms with van der Waals surface area (Å²) in [6.07, 6.45) is 13.2. The van der Waals surface area contributed by atoms with Gasteiger partial charge in [0.1, 0.15) is 11.2 Å². The van der Waals surface area contributed by atoms with Gasteiger partial charge >= 0.3 is 5.97 Å². The first-order chi connectivity index (χ1) is 14.7. The fourth-order valence-corrected chi connectivity index (χ4v) is 5.37. The van der Waals surface area contributed by atoms with E-state index in [1.54, 1.807) is 0 Å². The highest BCUT2D eigenvalue weighted by molar-refractivity contribution is 5.68. The van der Waals surface area contributed by atoms with Gasteiger partial charge in [0.2, 0.25) is 0 Å². The van der Waals surface area contributed by atoms with Crippen molar-refractivity contribution in [3.8, 4) is 0 Å². The van der Waals surface area contributed by atoms with Crippen LogP contribution in [0.3, 0.4) is 0 Å². The number of carboxylic acids is 1. The Morgan fingerprint density at radius 3 is 2.23 bits per heavy atom. The average molecular weight is 433 g/mol. The van der Waals surface area contributed by atoms with Crippen LogP contribution < -0.4 is 0 Å². The topological polar surface area (TPSA) is 55.8 Å². The summed E-state index contributed by atoms with van der Waals surface area (Å²) < 4.78 is 0. The predicted molar refractivity (Wildman–Crippen MR) is 126 cm³/mol. The fourth-order valence-electron chi connectivity index (χ4n) is 5.37. The van der Waals surface area contributed by atoms with Gasteiger partial charge in [-0.1, -0.05) is 82.7 Å². The molecular weight excluding hydrogens is 388 g/mol. The molecule has 0 saturated carbocycles. The van der Waals surface area contributed by atoms with E-state index in [0.717, 1.165) is 6.42 Å². The monoisotopic (exact) mass is 432 g/mol. The molecular formula is C27H44O4. The smallest absolute Gasteiger partial charge is 0.306 e. The van der Waals surface area contributed by atoms with Gasteiger partial charge in [-0.25, -0.2) is 9.78 Å². The molecule has 1 fully saturated rings. The third-order valence-corrected chi connectivity index (χ3v) is 6.56. The molecule has 0 spiro atoms. The van der Waals surface area contributed by atoms with Gasteiger partial charge in [0, 0.05) is 6.42 Å². The van der Waals surface area contributed by atoms with Gasteiger partial charge in [0.15, 0.2) is 0 Å². The lowest BCUT2D eigenvalue weighted by molar-refractivity contribution is -0.346. The Hall–Kier alpha value is -1.39. The Labute approximate surface area is 189 Å². The summed E-state index contributed by atoms with van der Waals surface area (Å²) in [4.78, 5) is 22.1. The van der Waals surface area contributed by atoms with Crippen LogP contribution in [0, 0.1) is 11.8 Å². The molecule has 0 unspecified atom stereocenters. The van der Waals surface area contributed by atoms with E-state index in [9.17, 15) is 4.79 Å². The lowest BCUT2D eigenvalue weighted by Crippen LogP contribution is -2.32. The van der Waals surface area contributed by atoms with Gasteiger partial charge < -0.3 is 5.11 Å². The molecule has 4 atom stereocenters. The van der Waals surface area contributed by atoms with Crippen molar-refractivity contribution in [3.63, 3.8) is 0 Å². The summed E-state index contributed by atoms with van der Waals surface area (Å²) in [6.45, 7) is 8.53. The summed E-state index contributed by atoms with van der Waals surface area (Å²) >= 11 is 0. The summed E-state index contributed by atoms with van der Waals surface area (Å²) in [6, 6.07) is 10.8. The number of rotatable bonds is 15. The second kappa shape index (κ2) is 12.6. The largest absolute Gasteiger partial charge is 0.481 e. The summed E-state index contributed by atoms with van der Waals surface area (Å²) in [7, 11) is 0. The third-order valence-electron chi connectivity index (χ3n) is 6.56. The van der Waals surface area contributed by atoms with Crippen molar-refractivity contribution in [1.82, 2.24) is 0 Å². The van der Waals surface area contributed by atoms with Gasteiger partial charge in [-0.05, 0) is 56.9 Å². The van der Waals surface area contributed by atoms with Crippen LogP contribution in [0.5, 0.6) is 0 Å². The molecule has 4 heteroatoms. The zero-order valence-electron chi connectivity index (χ0n) is 20.2. The van der Waals surface area contributed by atoms with Crippen molar-refractivity contribution >= 4 is 5.97 Å². The van der Waals surface area contributed by atoms with Crippen molar-refractivity contribution in [3.05, 3.63) is 35.9 Å². The number of carbonyl (C=O) groups is 1. The van der Waals surface area contributed by atoms with Crippen LogP contribution in [0.1, 0.15) is 104 Å². The van der Waals surface area contributed by atoms with E-state index in [2.05, 4.69) is 51.1 Å². The molecule has 1 aliphatic rings. The molecule has 0 radical (unpaired) electrons. The van der Waals surface area contributed by atoms with E-state index < -0.39 is 11.6 Å². The van der Waals surface area contributed by atoms with Crippen molar-refractivity contribution in [1.29, 1.82) is 0 Å². The van der Waals surface area contributed by atoms with Crippen LogP contribution >= 0.6 is 0 Å². The molecule has 4 nitrogen and oxygen atoms in total. The van der Waals surface area contributed by atoms with Gasteiger partial charge in [0.05, 0.1) is 6.42 Å². The summed E-state index contributed by atoms with van der Waals surface area (Å²) in [5.41, 5.74) is 0.358. The second-order valence-corrected chi connectivity index (χ2v) is 10.6. The van der Waals surface area contributed by atoms with Crippen molar-refractivity contribution in [2.75, 3.05) is 0 Å². The first-order valence-corrected chi connectivity index (χ1v) is 12.3. The Morgan fingerprint density at radius 2 is 1.55 bits per heavy atom. The minimum atomic E-state index is -0.840. The van der Waals surface area contributed by atoms with Gasteiger partial charge in [-0.2, -0.15) is 0 Å². The molecule has 1 aromatic carbocycles. The highest BCUT2D eigenvalue weighted by Crippen LogP contribution is 2.42. The standard InChI is InChI=1S/C27H44O4/c1-22(14-10-7-5-6-8-11-15-24-16-12-9-13-17-24)18-23(2)19-26(3)21-27(4,31-30-26)20-25(28)29/h9,12-13,16-17,22-23H,5-8,10-11,14-15,18-21H2,1-4H3,(H,28,29)/t22-,23+,26-,27+/m1/s1. The van der Waals surface area contributed by atoms with Gasteiger partial charge in [-0.3, -0.25) is 4.79 Å². The van der Waals surface area contributed by atoms with E-state index >= 15 is 0 Å². The highest BCUT2D eigenvalue weighted by atomic mass is 17.2. The van der Waals surface area contributed by atoms with E-state index in [-0.39, 0.29) is 12.0 Å². The first kappa shape index (κ1) is 25.9. The Morgan fingerprint density at radius 1 is 0.935 bits per heavy atom. The first-order valence-electron chi connectivity index (χ1n) is 12.3. The minimum absolute atomic E-state index is 0.0143. The van der Waals surface area contributed by atoms with Gasteiger partial charge in [0.25, 0.3) is 0 Å². The van der Waals surface area contributed by atoms with Crippen LogP contribution in [-0.4, -0.2) is 22.3 Å². The van der Waals surface area contributed by atoms with Crippen molar-refractivity contribution < 1.29 is 19.7 Å². The summed E-state index contributed by atoms with van der Waals surface area (Å²) in [5.74, 6) is 0.409. The zero-order chi connectivity index (χ0) is 22.7. The van der Waals surface area contributed by atoms with Crippen LogP contribution in [0.4, 0.5) is 0 Å². The fraction of sp³-hybridized carbons (Fsp3) is 0.741. The molecule has 0 aromatic heterocycles. The molecule has 1 aromatic rings. The second-order valence-electron chi connectivity index (χ2n) is 10.6. The number of carboxylic acid groups (broad SMARTS) is 1. The molecule has 176 valence electrons. The molecule has 0 amide bonds. The maximum absolute atomic E-state index is 11.1. The number of unbranched alkanes of at least 4 members (excludes halogenated alkanes) is 5. The molecule has 2 rings (SSSR count). The maximum Gasteiger partial charge on any atom is 0.306 e. The van der Waals surface area contributed by atoms with Crippen LogP contribution in [0.25, 0.3) is 0 Å². The SMILES string of the molecule is C[C@H](CCCCCCCCc1ccccc1)C[C@H](C)C[C@]1(C)C[C@](C)(CC(=O)O)OO1. The van der Waals surface area contributed by atoms with Crippen LogP contribution in [-0.2, 0) is 21.0 Å². The average Bonchev–Trinajstić information content (AvgIpc) is 2.97. The lowest BCUT2D eigenvalue weighted by Gasteiger charge is -2.26. The van der Waals surface area contributed by atoms with E-state index in [1.807, 2.05) is 6.92 Å². The predicted octanol–water partition coefficient (Wildman–Crippen LogP) is 7.36. The number of aryl methyl sites for hydroxylation is 1. The molecule has 0 aliphatic carbocycles. The normalized spacial score (nSPS) is 25.4. The number of aliphatic carboxylic acids is 1. The molecule has 1 aliphatic heterocycles. The van der Waals surface area contributed by atoms with Gasteiger partial charge in [-0.15, -0.1) is 0 Å². The molecule has 1 saturated heterocycles. The lowest BCUT2D eigenvalue weighted by atomic mass is 9.80. The summed E-state index contributed by atoms with van der Waals surface area (Å²) in [5, 5.41) is 9.09. The molecule has 1 heterocycles. The third kappa shape index (κ3) is 10.2. The Balaban J connectivity index is 1.52. The van der Waals surface area contributed by atoms with E-state index in [4.69, 9.17) is 14.9 Å². The van der Waals surface area contributed by atoms with Crippen molar-refractivity contribution in [2.24, 2.45) is 11.8 Å². The molecule has 31 heavy (non-hydrogen) atoms. The molecule has 1 N–H and O–H groups in total. The minimum Gasteiger partial charge on any atom is -0.481 e. The Kier molecular flexibility index (Phi) is 10.5. The van der Waals surface area contributed by atoms with E-state index in [1.165, 1.54) is 63.4 Å². The molecule has 0 bridgehead atoms. The van der Waals surface area contributed by atoms with Crippen LogP contribution in [0.15, 0.2) is 30.3 Å². The van der Waals surface area contributed by atoms with Crippen molar-refractivity contribution in [2.45, 2.75) is 116 Å². The van der Waals surface area contributed by atoms with E-state index in [0.29, 0.717) is 18.3 Å². The number of hydrogen-bond donors (Lipinski definition) is 1. The quantitative estimate of drug-likeness (QED) is 0.232. The highest BCUT2D eigenvalue weighted by Gasteiger charge is 2.47.